The molecule has 6 nitrogen and oxygen atoms in total. The molecule has 0 saturated carbocycles. The first-order valence-electron chi connectivity index (χ1n) is 8.57. The number of nitrogens with zero attached hydrogens (tertiary/aromatic N) is 1. The molecule has 1 aromatic rings. The van der Waals surface area contributed by atoms with Crippen molar-refractivity contribution >= 4 is 33.5 Å². The summed E-state index contributed by atoms with van der Waals surface area (Å²) in [5, 5.41) is 0. The smallest absolute Gasteiger partial charge is 0.316 e. The van der Waals surface area contributed by atoms with E-state index in [1.54, 1.807) is 6.92 Å². The van der Waals surface area contributed by atoms with Crippen molar-refractivity contribution in [1.82, 2.24) is 4.90 Å². The monoisotopic (exact) mass is 399 g/mol. The maximum absolute atomic E-state index is 12.3. The summed E-state index contributed by atoms with van der Waals surface area (Å²) in [5.74, 6) is -0.590. The predicted octanol–water partition coefficient (Wildman–Crippen LogP) is 1.97. The van der Waals surface area contributed by atoms with Gasteiger partial charge >= 0.3 is 5.97 Å². The van der Waals surface area contributed by atoms with E-state index in [2.05, 4.69) is 0 Å². The third-order valence-electron chi connectivity index (χ3n) is 4.50. The van der Waals surface area contributed by atoms with Crippen molar-refractivity contribution in [2.75, 3.05) is 30.4 Å². The predicted molar refractivity (Wildman–Crippen MR) is 102 cm³/mol. The first-order chi connectivity index (χ1) is 12.2. The quantitative estimate of drug-likeness (QED) is 0.515. The standard InChI is InChI=1S/C18H25NO5S2/c1-4-19(15-7-8-26(22,23)12-15)17(20)10-24-18(21)11-25-16-6-5-13(2)14(3)9-16/h5-6,9,15H,4,7-8,10-12H2,1-3H3/t15-/m0/s1. The fraction of sp³-hybridized carbons (Fsp3) is 0.556. The number of esters is 1. The highest BCUT2D eigenvalue weighted by Gasteiger charge is 2.34. The Morgan fingerprint density at radius 2 is 2.00 bits per heavy atom. The van der Waals surface area contributed by atoms with E-state index in [0.29, 0.717) is 13.0 Å². The number of carbonyl (C=O) groups excluding carboxylic acids is 2. The number of benzene rings is 1. The van der Waals surface area contributed by atoms with Crippen LogP contribution in [0.3, 0.4) is 0 Å². The Balaban J connectivity index is 1.80. The maximum atomic E-state index is 12.3. The van der Waals surface area contributed by atoms with Gasteiger partial charge in [0, 0.05) is 17.5 Å². The number of amides is 1. The van der Waals surface area contributed by atoms with Gasteiger partial charge in [-0.05, 0) is 50.5 Å². The van der Waals surface area contributed by atoms with E-state index in [0.717, 1.165) is 10.5 Å². The molecule has 1 heterocycles. The minimum atomic E-state index is -3.07. The van der Waals surface area contributed by atoms with Crippen LogP contribution in [0.5, 0.6) is 0 Å². The number of thioether (sulfide) groups is 1. The van der Waals surface area contributed by atoms with Gasteiger partial charge in [0.2, 0.25) is 0 Å². The summed E-state index contributed by atoms with van der Waals surface area (Å²) in [7, 11) is -3.07. The van der Waals surface area contributed by atoms with Crippen LogP contribution in [0.15, 0.2) is 23.1 Å². The van der Waals surface area contributed by atoms with E-state index in [9.17, 15) is 18.0 Å². The molecule has 0 N–H and O–H groups in total. The molecule has 1 fully saturated rings. The highest BCUT2D eigenvalue weighted by Crippen LogP contribution is 2.21. The molecule has 0 aromatic heterocycles. The van der Waals surface area contributed by atoms with Crippen LogP contribution in [0.2, 0.25) is 0 Å². The summed E-state index contributed by atoms with van der Waals surface area (Å²) < 4.78 is 28.3. The number of aryl methyl sites for hydroxylation is 2. The number of carbonyl (C=O) groups is 2. The van der Waals surface area contributed by atoms with E-state index in [1.165, 1.54) is 22.2 Å². The van der Waals surface area contributed by atoms with Gasteiger partial charge in [-0.15, -0.1) is 11.8 Å². The number of hydrogen-bond acceptors (Lipinski definition) is 6. The van der Waals surface area contributed by atoms with Crippen LogP contribution in [0.25, 0.3) is 0 Å². The second-order valence-corrected chi connectivity index (χ2v) is 9.71. The summed E-state index contributed by atoms with van der Waals surface area (Å²) in [6.45, 7) is 5.88. The fourth-order valence-electron chi connectivity index (χ4n) is 2.87. The number of rotatable bonds is 7. The van der Waals surface area contributed by atoms with Crippen LogP contribution < -0.4 is 0 Å². The Morgan fingerprint density at radius 1 is 1.27 bits per heavy atom. The van der Waals surface area contributed by atoms with Crippen molar-refractivity contribution in [1.29, 1.82) is 0 Å². The fourth-order valence-corrected chi connectivity index (χ4v) is 5.40. The molecule has 1 atom stereocenters. The van der Waals surface area contributed by atoms with E-state index in [4.69, 9.17) is 4.74 Å². The van der Waals surface area contributed by atoms with Gasteiger partial charge < -0.3 is 9.64 Å². The van der Waals surface area contributed by atoms with Crippen molar-refractivity contribution in [2.45, 2.75) is 38.1 Å². The lowest BCUT2D eigenvalue weighted by Gasteiger charge is -2.26. The minimum absolute atomic E-state index is 0.0108. The van der Waals surface area contributed by atoms with E-state index < -0.39 is 15.8 Å². The molecule has 0 bridgehead atoms. The van der Waals surface area contributed by atoms with Crippen LogP contribution in [-0.4, -0.2) is 61.6 Å². The molecule has 1 aromatic carbocycles. The van der Waals surface area contributed by atoms with Gasteiger partial charge in [0.15, 0.2) is 16.4 Å². The normalized spacial score (nSPS) is 18.5. The molecule has 0 spiro atoms. The number of sulfone groups is 1. The SMILES string of the molecule is CCN(C(=O)COC(=O)CSc1ccc(C)c(C)c1)[C@H]1CCS(=O)(=O)C1. The Labute approximate surface area is 159 Å². The molecule has 1 aliphatic rings. The van der Waals surface area contributed by atoms with E-state index in [1.807, 2.05) is 32.0 Å². The molecule has 144 valence electrons. The average Bonchev–Trinajstić information content (AvgIpc) is 2.94. The zero-order chi connectivity index (χ0) is 19.3. The lowest BCUT2D eigenvalue weighted by atomic mass is 10.1. The first-order valence-corrected chi connectivity index (χ1v) is 11.4. The number of hydrogen-bond donors (Lipinski definition) is 0. The molecule has 2 rings (SSSR count). The largest absolute Gasteiger partial charge is 0.455 e. The van der Waals surface area contributed by atoms with Crippen molar-refractivity contribution < 1.29 is 22.7 Å². The molecule has 0 radical (unpaired) electrons. The molecule has 8 heteroatoms. The second kappa shape index (κ2) is 8.90. The summed E-state index contributed by atoms with van der Waals surface area (Å²) in [6, 6.07) is 5.64. The molecular formula is C18H25NO5S2. The van der Waals surface area contributed by atoms with Gasteiger partial charge in [0.05, 0.1) is 17.3 Å². The highest BCUT2D eigenvalue weighted by atomic mass is 32.2. The van der Waals surface area contributed by atoms with Crippen LogP contribution in [-0.2, 0) is 24.2 Å². The summed E-state index contributed by atoms with van der Waals surface area (Å²) in [4.78, 5) is 26.6. The molecule has 0 unspecified atom stereocenters. The Morgan fingerprint density at radius 3 is 2.58 bits per heavy atom. The van der Waals surface area contributed by atoms with Crippen molar-refractivity contribution in [3.05, 3.63) is 29.3 Å². The van der Waals surface area contributed by atoms with Crippen molar-refractivity contribution in [3.8, 4) is 0 Å². The number of likely N-dealkylation sites (N-methyl/N-ethyl adjacent to an activating group) is 1. The van der Waals surface area contributed by atoms with Crippen LogP contribution in [0.1, 0.15) is 24.5 Å². The lowest BCUT2D eigenvalue weighted by molar-refractivity contribution is -0.150. The Kier molecular flexibility index (Phi) is 7.11. The Hall–Kier alpha value is -1.54. The van der Waals surface area contributed by atoms with E-state index >= 15 is 0 Å². The summed E-state index contributed by atoms with van der Waals surface area (Å²) >= 11 is 1.36. The van der Waals surface area contributed by atoms with Crippen LogP contribution in [0, 0.1) is 13.8 Å². The molecule has 1 saturated heterocycles. The van der Waals surface area contributed by atoms with Gasteiger partial charge in [0.1, 0.15) is 0 Å². The highest BCUT2D eigenvalue weighted by molar-refractivity contribution is 8.00. The molecule has 26 heavy (non-hydrogen) atoms. The zero-order valence-corrected chi connectivity index (χ0v) is 17.0. The third-order valence-corrected chi connectivity index (χ3v) is 7.22. The molecule has 1 aliphatic heterocycles. The number of ether oxygens (including phenoxy) is 1. The average molecular weight is 400 g/mol. The van der Waals surface area contributed by atoms with Gasteiger partial charge in [0.25, 0.3) is 5.91 Å². The first kappa shape index (κ1) is 20.8. The minimum Gasteiger partial charge on any atom is -0.455 e. The van der Waals surface area contributed by atoms with Crippen molar-refractivity contribution in [3.63, 3.8) is 0 Å². The summed E-state index contributed by atoms with van der Waals surface area (Å²) in [6.07, 6.45) is 0.443. The maximum Gasteiger partial charge on any atom is 0.316 e. The molecule has 0 aliphatic carbocycles. The third kappa shape index (κ3) is 5.74. The zero-order valence-electron chi connectivity index (χ0n) is 15.4. The Bertz CT molecular complexity index is 776. The van der Waals surface area contributed by atoms with Gasteiger partial charge in [-0.3, -0.25) is 9.59 Å². The van der Waals surface area contributed by atoms with Crippen LogP contribution in [0.4, 0.5) is 0 Å². The lowest BCUT2D eigenvalue weighted by Crippen LogP contribution is -2.43. The topological polar surface area (TPSA) is 80.8 Å². The van der Waals surface area contributed by atoms with Crippen molar-refractivity contribution in [2.24, 2.45) is 0 Å². The van der Waals surface area contributed by atoms with Gasteiger partial charge in [-0.1, -0.05) is 6.07 Å². The second-order valence-electron chi connectivity index (χ2n) is 6.43. The van der Waals surface area contributed by atoms with E-state index in [-0.39, 0.29) is 35.8 Å². The molecule has 1 amide bonds. The van der Waals surface area contributed by atoms with Gasteiger partial charge in [-0.25, -0.2) is 8.42 Å². The summed E-state index contributed by atoms with van der Waals surface area (Å²) in [5.41, 5.74) is 2.35. The molecular weight excluding hydrogens is 374 g/mol. The van der Waals surface area contributed by atoms with Crippen LogP contribution >= 0.6 is 11.8 Å². The van der Waals surface area contributed by atoms with Gasteiger partial charge in [-0.2, -0.15) is 0 Å².